The molecule has 2 aromatic carbocycles. The van der Waals surface area contributed by atoms with E-state index >= 15 is 0 Å². The summed E-state index contributed by atoms with van der Waals surface area (Å²) < 4.78 is 5.73. The Bertz CT molecular complexity index is 1090. The first-order chi connectivity index (χ1) is 13.5. The molecule has 3 aromatic rings. The van der Waals surface area contributed by atoms with Crippen molar-refractivity contribution in [1.29, 1.82) is 5.26 Å². The van der Waals surface area contributed by atoms with Gasteiger partial charge < -0.3 is 9.73 Å². The predicted octanol–water partition coefficient (Wildman–Crippen LogP) is 6.36. The Morgan fingerprint density at radius 1 is 1.14 bits per heavy atom. The monoisotopic (exact) mass is 410 g/mol. The number of furan rings is 1. The molecule has 140 valence electrons. The van der Waals surface area contributed by atoms with Gasteiger partial charge in [-0.25, -0.2) is 0 Å². The van der Waals surface area contributed by atoms with Gasteiger partial charge in [-0.2, -0.15) is 5.26 Å². The molecule has 1 amide bonds. The van der Waals surface area contributed by atoms with E-state index in [1.165, 1.54) is 6.08 Å². The van der Waals surface area contributed by atoms with Crippen molar-refractivity contribution in [3.05, 3.63) is 81.5 Å². The number of anilines is 1. The van der Waals surface area contributed by atoms with Crippen LogP contribution in [0.5, 0.6) is 0 Å². The van der Waals surface area contributed by atoms with Gasteiger partial charge in [0.2, 0.25) is 0 Å². The predicted molar refractivity (Wildman–Crippen MR) is 112 cm³/mol. The second-order valence-corrected chi connectivity index (χ2v) is 6.78. The maximum atomic E-state index is 12.5. The molecule has 0 aliphatic heterocycles. The SMILES string of the molecule is CCc1ccccc1NC(=O)/C(C#N)=C/c1ccc(-c2ccc(Cl)c(Cl)c2)o1. The largest absolute Gasteiger partial charge is 0.457 e. The van der Waals surface area contributed by atoms with Gasteiger partial charge >= 0.3 is 0 Å². The molecule has 0 aliphatic rings. The van der Waals surface area contributed by atoms with E-state index in [0.717, 1.165) is 17.5 Å². The summed E-state index contributed by atoms with van der Waals surface area (Å²) in [5.41, 5.74) is 2.37. The van der Waals surface area contributed by atoms with Gasteiger partial charge in [-0.3, -0.25) is 4.79 Å². The average molecular weight is 411 g/mol. The molecule has 6 heteroatoms. The zero-order valence-corrected chi connectivity index (χ0v) is 16.5. The van der Waals surface area contributed by atoms with Crippen LogP contribution >= 0.6 is 23.2 Å². The van der Waals surface area contributed by atoms with Gasteiger partial charge in [0.05, 0.1) is 10.0 Å². The second-order valence-electron chi connectivity index (χ2n) is 5.97. The topological polar surface area (TPSA) is 66.0 Å². The number of nitrogens with one attached hydrogen (secondary N) is 1. The Labute approximate surface area is 173 Å². The highest BCUT2D eigenvalue weighted by Crippen LogP contribution is 2.30. The maximum absolute atomic E-state index is 12.5. The molecule has 0 saturated carbocycles. The molecule has 1 N–H and O–H groups in total. The van der Waals surface area contributed by atoms with Crippen LogP contribution in [0.3, 0.4) is 0 Å². The lowest BCUT2D eigenvalue weighted by atomic mass is 10.1. The average Bonchev–Trinajstić information content (AvgIpc) is 3.17. The summed E-state index contributed by atoms with van der Waals surface area (Å²) in [6.07, 6.45) is 2.18. The first kappa shape index (κ1) is 19.8. The number of benzene rings is 2. The van der Waals surface area contributed by atoms with E-state index in [4.69, 9.17) is 27.6 Å². The summed E-state index contributed by atoms with van der Waals surface area (Å²) >= 11 is 12.0. The van der Waals surface area contributed by atoms with Crippen molar-refractivity contribution < 1.29 is 9.21 Å². The van der Waals surface area contributed by atoms with Gasteiger partial charge in [-0.05, 0) is 48.4 Å². The third kappa shape index (κ3) is 4.45. The second kappa shape index (κ2) is 8.79. The zero-order chi connectivity index (χ0) is 20.1. The number of aryl methyl sites for hydroxylation is 1. The first-order valence-electron chi connectivity index (χ1n) is 8.58. The zero-order valence-electron chi connectivity index (χ0n) is 15.0. The summed E-state index contributed by atoms with van der Waals surface area (Å²) in [5.74, 6) is 0.450. The van der Waals surface area contributed by atoms with Crippen LogP contribution in [0.15, 0.2) is 64.6 Å². The van der Waals surface area contributed by atoms with Gasteiger partial charge in [0.25, 0.3) is 5.91 Å². The van der Waals surface area contributed by atoms with Gasteiger partial charge in [-0.15, -0.1) is 0 Å². The van der Waals surface area contributed by atoms with E-state index in [-0.39, 0.29) is 5.57 Å². The van der Waals surface area contributed by atoms with Gasteiger partial charge in [0.1, 0.15) is 23.2 Å². The van der Waals surface area contributed by atoms with E-state index in [1.54, 1.807) is 36.4 Å². The number of rotatable bonds is 5. The maximum Gasteiger partial charge on any atom is 0.266 e. The van der Waals surface area contributed by atoms with Crippen LogP contribution in [0.25, 0.3) is 17.4 Å². The van der Waals surface area contributed by atoms with Crippen LogP contribution < -0.4 is 5.32 Å². The fraction of sp³-hybridized carbons (Fsp3) is 0.0909. The Morgan fingerprint density at radius 2 is 1.93 bits per heavy atom. The molecule has 0 radical (unpaired) electrons. The van der Waals surface area contributed by atoms with Crippen molar-refractivity contribution in [2.75, 3.05) is 5.32 Å². The van der Waals surface area contributed by atoms with Crippen LogP contribution in [0.4, 0.5) is 5.69 Å². The normalized spacial score (nSPS) is 11.1. The molecule has 0 bridgehead atoms. The summed E-state index contributed by atoms with van der Waals surface area (Å²) in [7, 11) is 0. The summed E-state index contributed by atoms with van der Waals surface area (Å²) in [6, 6.07) is 18.0. The van der Waals surface area contributed by atoms with E-state index in [1.807, 2.05) is 31.2 Å². The molecule has 28 heavy (non-hydrogen) atoms. The van der Waals surface area contributed by atoms with Crippen LogP contribution in [-0.2, 0) is 11.2 Å². The van der Waals surface area contributed by atoms with Crippen LogP contribution in [0.2, 0.25) is 10.0 Å². The van der Waals surface area contributed by atoms with E-state index in [0.29, 0.717) is 27.3 Å². The van der Waals surface area contributed by atoms with Crippen molar-refractivity contribution in [2.45, 2.75) is 13.3 Å². The molecule has 1 heterocycles. The third-order valence-electron chi connectivity index (χ3n) is 4.13. The van der Waals surface area contributed by atoms with Gasteiger partial charge in [0.15, 0.2) is 0 Å². The van der Waals surface area contributed by atoms with Crippen LogP contribution in [0, 0.1) is 11.3 Å². The van der Waals surface area contributed by atoms with E-state index in [2.05, 4.69) is 5.32 Å². The molecular formula is C22H16Cl2N2O2. The Hall–Kier alpha value is -3.00. The number of amides is 1. The molecule has 1 aromatic heterocycles. The van der Waals surface area contributed by atoms with Gasteiger partial charge in [-0.1, -0.05) is 48.3 Å². The highest BCUT2D eigenvalue weighted by molar-refractivity contribution is 6.42. The summed E-state index contributed by atoms with van der Waals surface area (Å²) in [4.78, 5) is 12.5. The van der Waals surface area contributed by atoms with Crippen molar-refractivity contribution >= 4 is 40.9 Å². The summed E-state index contributed by atoms with van der Waals surface area (Å²) in [6.45, 7) is 2.00. The van der Waals surface area contributed by atoms with E-state index in [9.17, 15) is 10.1 Å². The molecule has 4 nitrogen and oxygen atoms in total. The molecule has 3 rings (SSSR count). The quantitative estimate of drug-likeness (QED) is 0.392. The van der Waals surface area contributed by atoms with Gasteiger partial charge in [0, 0.05) is 17.3 Å². The number of hydrogen-bond acceptors (Lipinski definition) is 3. The number of para-hydroxylation sites is 1. The van der Waals surface area contributed by atoms with Crippen molar-refractivity contribution in [3.63, 3.8) is 0 Å². The Balaban J connectivity index is 1.83. The molecule has 0 saturated heterocycles. The molecule has 0 unspecified atom stereocenters. The van der Waals surface area contributed by atoms with Crippen molar-refractivity contribution in [3.8, 4) is 17.4 Å². The molecule has 0 atom stereocenters. The molecule has 0 spiro atoms. The van der Waals surface area contributed by atoms with Crippen molar-refractivity contribution in [1.82, 2.24) is 0 Å². The standard InChI is InChI=1S/C22H16Cl2N2O2/c1-2-14-5-3-4-6-20(14)26-22(27)16(13-25)11-17-8-10-21(28-17)15-7-9-18(23)19(24)12-15/h3-12H,2H2,1H3,(H,26,27)/b16-11+. The van der Waals surface area contributed by atoms with E-state index < -0.39 is 5.91 Å². The van der Waals surface area contributed by atoms with Crippen LogP contribution in [-0.4, -0.2) is 5.91 Å². The minimum Gasteiger partial charge on any atom is -0.457 e. The number of nitrogens with zero attached hydrogens (tertiary/aromatic N) is 1. The number of carbonyl (C=O) groups excluding carboxylic acids is 1. The highest BCUT2D eigenvalue weighted by Gasteiger charge is 2.13. The smallest absolute Gasteiger partial charge is 0.266 e. The highest BCUT2D eigenvalue weighted by atomic mass is 35.5. The molecule has 0 fully saturated rings. The fourth-order valence-electron chi connectivity index (χ4n) is 2.67. The molecular weight excluding hydrogens is 395 g/mol. The lowest BCUT2D eigenvalue weighted by Crippen LogP contribution is -2.14. The van der Waals surface area contributed by atoms with Crippen LogP contribution in [0.1, 0.15) is 18.2 Å². The Kier molecular flexibility index (Phi) is 6.20. The lowest BCUT2D eigenvalue weighted by molar-refractivity contribution is -0.112. The fourth-order valence-corrected chi connectivity index (χ4v) is 2.96. The first-order valence-corrected chi connectivity index (χ1v) is 9.33. The third-order valence-corrected chi connectivity index (χ3v) is 4.87. The number of nitriles is 1. The number of halogens is 2. The molecule has 0 aliphatic carbocycles. The number of hydrogen-bond donors (Lipinski definition) is 1. The number of carbonyl (C=O) groups is 1. The minimum atomic E-state index is -0.490. The Morgan fingerprint density at radius 3 is 2.64 bits per heavy atom. The lowest BCUT2D eigenvalue weighted by Gasteiger charge is -2.08. The minimum absolute atomic E-state index is 0.0547. The summed E-state index contributed by atoms with van der Waals surface area (Å²) in [5, 5.41) is 13.0. The van der Waals surface area contributed by atoms with Crippen molar-refractivity contribution in [2.24, 2.45) is 0 Å².